The average molecular weight is 370 g/mol. The van der Waals surface area contributed by atoms with Gasteiger partial charge in [0.05, 0.1) is 26.7 Å². The van der Waals surface area contributed by atoms with Gasteiger partial charge in [0.1, 0.15) is 0 Å². The number of para-hydroxylation sites is 1. The summed E-state index contributed by atoms with van der Waals surface area (Å²) in [4.78, 5) is 16.3. The Bertz CT molecular complexity index is 743. The maximum absolute atomic E-state index is 12.2. The van der Waals surface area contributed by atoms with E-state index in [1.807, 2.05) is 30.3 Å². The van der Waals surface area contributed by atoms with Gasteiger partial charge in [-0.05, 0) is 49.4 Å². The quantitative estimate of drug-likeness (QED) is 0.811. The van der Waals surface area contributed by atoms with Crippen LogP contribution >= 0.6 is 0 Å². The van der Waals surface area contributed by atoms with Gasteiger partial charge >= 0.3 is 0 Å². The van der Waals surface area contributed by atoms with Crippen LogP contribution in [0.5, 0.6) is 17.2 Å². The van der Waals surface area contributed by atoms with E-state index >= 15 is 0 Å². The fraction of sp³-hybridized carbons (Fsp3) is 0.429. The van der Waals surface area contributed by atoms with Gasteiger partial charge in [-0.2, -0.15) is 0 Å². The minimum absolute atomic E-state index is 0.0434. The maximum Gasteiger partial charge on any atom is 0.224 e. The predicted octanol–water partition coefficient (Wildman–Crippen LogP) is 3.15. The monoisotopic (exact) mass is 370 g/mol. The summed E-state index contributed by atoms with van der Waals surface area (Å²) in [5.41, 5.74) is 0.928. The first-order chi connectivity index (χ1) is 13.2. The van der Waals surface area contributed by atoms with E-state index in [0.717, 1.165) is 31.2 Å². The fourth-order valence-electron chi connectivity index (χ4n) is 3.42. The van der Waals surface area contributed by atoms with Crippen LogP contribution in [0.25, 0.3) is 0 Å². The summed E-state index contributed by atoms with van der Waals surface area (Å²) in [6, 6.07) is 9.59. The highest BCUT2D eigenvalue weighted by molar-refractivity contribution is 5.78. The van der Waals surface area contributed by atoms with Gasteiger partial charge in [-0.3, -0.25) is 9.78 Å². The van der Waals surface area contributed by atoms with E-state index < -0.39 is 0 Å². The number of carbonyl (C=O) groups is 1. The molecule has 1 fully saturated rings. The molecular formula is C21H26N2O4. The Kier molecular flexibility index (Phi) is 6.52. The number of ether oxygens (including phenoxy) is 3. The molecule has 0 atom stereocenters. The molecule has 144 valence electrons. The van der Waals surface area contributed by atoms with Crippen LogP contribution < -0.4 is 19.5 Å². The molecule has 1 aliphatic rings. The van der Waals surface area contributed by atoms with Crippen molar-refractivity contribution in [1.29, 1.82) is 0 Å². The first kappa shape index (κ1) is 19.0. The Balaban J connectivity index is 1.49. The second-order valence-electron chi connectivity index (χ2n) is 6.69. The van der Waals surface area contributed by atoms with Gasteiger partial charge in [-0.25, -0.2) is 0 Å². The number of hydrogen-bond acceptors (Lipinski definition) is 5. The summed E-state index contributed by atoms with van der Waals surface area (Å²) in [5, 5.41) is 3.13. The summed E-state index contributed by atoms with van der Waals surface area (Å²) < 4.78 is 16.9. The van der Waals surface area contributed by atoms with Crippen LogP contribution in [-0.4, -0.2) is 37.3 Å². The molecule has 0 bridgehead atoms. The Morgan fingerprint density at radius 1 is 1.07 bits per heavy atom. The summed E-state index contributed by atoms with van der Waals surface area (Å²) in [7, 11) is 3.22. The van der Waals surface area contributed by atoms with Gasteiger partial charge in [0.15, 0.2) is 11.5 Å². The number of nitrogens with zero attached hydrogens (tertiary/aromatic N) is 1. The fourth-order valence-corrected chi connectivity index (χ4v) is 3.42. The topological polar surface area (TPSA) is 69.7 Å². The normalized spacial score (nSPS) is 19.2. The van der Waals surface area contributed by atoms with Crippen molar-refractivity contribution in [3.05, 3.63) is 48.3 Å². The number of methoxy groups -OCH3 is 2. The lowest BCUT2D eigenvalue weighted by Crippen LogP contribution is -2.40. The van der Waals surface area contributed by atoms with Crippen molar-refractivity contribution >= 4 is 5.91 Å². The lowest BCUT2D eigenvalue weighted by atomic mass is 9.92. The van der Waals surface area contributed by atoms with Crippen LogP contribution in [-0.2, 0) is 11.2 Å². The molecule has 0 saturated heterocycles. The number of hydrogen-bond donors (Lipinski definition) is 1. The van der Waals surface area contributed by atoms with Crippen LogP contribution in [0.4, 0.5) is 0 Å². The van der Waals surface area contributed by atoms with E-state index in [4.69, 9.17) is 14.2 Å². The molecule has 1 heterocycles. The molecule has 1 saturated carbocycles. The number of aromatic nitrogens is 1. The van der Waals surface area contributed by atoms with Gasteiger partial charge in [-0.15, -0.1) is 0 Å². The van der Waals surface area contributed by atoms with Gasteiger partial charge in [0, 0.05) is 18.4 Å². The molecule has 1 aromatic carbocycles. The lowest BCUT2D eigenvalue weighted by molar-refractivity contribution is -0.121. The molecule has 27 heavy (non-hydrogen) atoms. The third-order valence-corrected chi connectivity index (χ3v) is 4.79. The Morgan fingerprint density at radius 3 is 2.52 bits per heavy atom. The Hall–Kier alpha value is -2.76. The molecule has 6 heteroatoms. The van der Waals surface area contributed by atoms with Crippen molar-refractivity contribution < 1.29 is 19.0 Å². The third kappa shape index (κ3) is 5.12. The van der Waals surface area contributed by atoms with Crippen molar-refractivity contribution in [2.75, 3.05) is 14.2 Å². The van der Waals surface area contributed by atoms with Gasteiger partial charge in [0.2, 0.25) is 11.7 Å². The van der Waals surface area contributed by atoms with Crippen molar-refractivity contribution in [2.45, 2.75) is 44.2 Å². The van der Waals surface area contributed by atoms with Crippen molar-refractivity contribution in [2.24, 2.45) is 0 Å². The van der Waals surface area contributed by atoms with Gasteiger partial charge in [-0.1, -0.05) is 12.1 Å². The Labute approximate surface area is 159 Å². The highest BCUT2D eigenvalue weighted by atomic mass is 16.5. The molecule has 0 spiro atoms. The molecule has 0 radical (unpaired) electrons. The second-order valence-corrected chi connectivity index (χ2v) is 6.69. The van der Waals surface area contributed by atoms with Crippen LogP contribution in [0.2, 0.25) is 0 Å². The first-order valence-corrected chi connectivity index (χ1v) is 9.25. The molecule has 1 N–H and O–H groups in total. The van der Waals surface area contributed by atoms with Crippen LogP contribution in [0, 0.1) is 0 Å². The average Bonchev–Trinajstić information content (AvgIpc) is 2.70. The molecular weight excluding hydrogens is 344 g/mol. The zero-order valence-electron chi connectivity index (χ0n) is 15.8. The van der Waals surface area contributed by atoms with Gasteiger partial charge < -0.3 is 19.5 Å². The van der Waals surface area contributed by atoms with Gasteiger partial charge in [0.25, 0.3) is 0 Å². The van der Waals surface area contributed by atoms with Crippen LogP contribution in [0.1, 0.15) is 31.2 Å². The maximum atomic E-state index is 12.2. The Morgan fingerprint density at radius 2 is 1.85 bits per heavy atom. The molecule has 1 aliphatic carbocycles. The molecule has 2 aromatic rings. The summed E-state index contributed by atoms with van der Waals surface area (Å²) in [5.74, 6) is 2.01. The van der Waals surface area contributed by atoms with E-state index in [1.165, 1.54) is 0 Å². The molecule has 1 amide bonds. The zero-order chi connectivity index (χ0) is 19.1. The second kappa shape index (κ2) is 9.26. The minimum Gasteiger partial charge on any atom is -0.493 e. The summed E-state index contributed by atoms with van der Waals surface area (Å²) >= 11 is 0. The first-order valence-electron chi connectivity index (χ1n) is 9.25. The number of amides is 1. The summed E-state index contributed by atoms with van der Waals surface area (Å²) in [6.45, 7) is 0. The SMILES string of the molecule is COc1cccc(OC2CCC(NC(=O)Cc3cccnc3)CC2)c1OC. The number of pyridine rings is 1. The standard InChI is InChI=1S/C21H26N2O4/c1-25-18-6-3-7-19(21(18)26-2)27-17-10-8-16(9-11-17)23-20(24)13-15-5-4-12-22-14-15/h3-7,12,14,16-17H,8-11,13H2,1-2H3,(H,23,24). The smallest absolute Gasteiger partial charge is 0.224 e. The minimum atomic E-state index is 0.0434. The van der Waals surface area contributed by atoms with Crippen molar-refractivity contribution in [3.8, 4) is 17.2 Å². The number of rotatable bonds is 7. The molecule has 6 nitrogen and oxygen atoms in total. The van der Waals surface area contributed by atoms with Crippen LogP contribution in [0.15, 0.2) is 42.7 Å². The van der Waals surface area contributed by atoms with Crippen molar-refractivity contribution in [3.63, 3.8) is 0 Å². The van der Waals surface area contributed by atoms with E-state index in [0.29, 0.717) is 23.7 Å². The largest absolute Gasteiger partial charge is 0.493 e. The lowest BCUT2D eigenvalue weighted by Gasteiger charge is -2.30. The highest BCUT2D eigenvalue weighted by Gasteiger charge is 2.25. The zero-order valence-corrected chi connectivity index (χ0v) is 15.8. The van der Waals surface area contributed by atoms with E-state index in [-0.39, 0.29) is 18.1 Å². The van der Waals surface area contributed by atoms with E-state index in [9.17, 15) is 4.79 Å². The number of carbonyl (C=O) groups excluding carboxylic acids is 1. The van der Waals surface area contributed by atoms with E-state index in [2.05, 4.69) is 10.3 Å². The van der Waals surface area contributed by atoms with E-state index in [1.54, 1.807) is 26.6 Å². The highest BCUT2D eigenvalue weighted by Crippen LogP contribution is 2.38. The van der Waals surface area contributed by atoms with Crippen LogP contribution in [0.3, 0.4) is 0 Å². The number of benzene rings is 1. The molecule has 0 unspecified atom stereocenters. The predicted molar refractivity (Wildman–Crippen MR) is 102 cm³/mol. The molecule has 0 aliphatic heterocycles. The molecule has 1 aromatic heterocycles. The molecule has 3 rings (SSSR count). The summed E-state index contributed by atoms with van der Waals surface area (Å²) in [6.07, 6.45) is 7.48. The third-order valence-electron chi connectivity index (χ3n) is 4.79. The van der Waals surface area contributed by atoms with Crippen molar-refractivity contribution in [1.82, 2.24) is 10.3 Å². The number of nitrogens with one attached hydrogen (secondary N) is 1.